The van der Waals surface area contributed by atoms with E-state index in [4.69, 9.17) is 0 Å². The first kappa shape index (κ1) is 17.7. The maximum absolute atomic E-state index is 12.3. The number of hydrogen-bond donors (Lipinski definition) is 2. The van der Waals surface area contributed by atoms with Gasteiger partial charge in [-0.2, -0.15) is 0 Å². The number of aromatic nitrogens is 1. The van der Waals surface area contributed by atoms with Gasteiger partial charge in [0.15, 0.2) is 0 Å². The van der Waals surface area contributed by atoms with Crippen LogP contribution in [0.25, 0.3) is 22.4 Å². The van der Waals surface area contributed by atoms with Crippen molar-refractivity contribution in [3.8, 4) is 22.4 Å². The summed E-state index contributed by atoms with van der Waals surface area (Å²) in [6.07, 6.45) is 0. The molecule has 0 saturated carbocycles. The number of H-pyrrole nitrogens is 1. The van der Waals surface area contributed by atoms with Gasteiger partial charge in [-0.3, -0.25) is 9.59 Å². The molecule has 1 amide bonds. The minimum Gasteiger partial charge on any atom is -0.347 e. The highest BCUT2D eigenvalue weighted by Crippen LogP contribution is 2.23. The van der Waals surface area contributed by atoms with Crippen LogP contribution in [0.4, 0.5) is 0 Å². The molecule has 0 aliphatic rings. The van der Waals surface area contributed by atoms with Gasteiger partial charge in [0.05, 0.1) is 0 Å². The van der Waals surface area contributed by atoms with E-state index in [2.05, 4.69) is 22.4 Å². The van der Waals surface area contributed by atoms with Crippen LogP contribution >= 0.6 is 0 Å². The third kappa shape index (κ3) is 4.09. The molecule has 3 rings (SSSR count). The van der Waals surface area contributed by atoms with Crippen LogP contribution in [0.3, 0.4) is 0 Å². The average Bonchev–Trinajstić information content (AvgIpc) is 2.61. The summed E-state index contributed by atoms with van der Waals surface area (Å²) < 4.78 is 0. The van der Waals surface area contributed by atoms with E-state index in [1.54, 1.807) is 12.1 Å². The van der Waals surface area contributed by atoms with Gasteiger partial charge in [0.1, 0.15) is 5.56 Å². The summed E-state index contributed by atoms with van der Waals surface area (Å²) in [5.41, 5.74) is 3.15. The van der Waals surface area contributed by atoms with E-state index < -0.39 is 11.1 Å². The SMILES string of the molecule is CC(C)(C)NC(=O)c1ccc(-c2ccc(-c3ccccc3)cc2)[nH]c1=O. The van der Waals surface area contributed by atoms with Gasteiger partial charge in [-0.05, 0) is 49.6 Å². The zero-order chi connectivity index (χ0) is 18.7. The Bertz CT molecular complexity index is 966. The summed E-state index contributed by atoms with van der Waals surface area (Å²) in [6, 6.07) is 21.4. The molecule has 0 bridgehead atoms. The molecule has 2 aromatic carbocycles. The van der Waals surface area contributed by atoms with Crippen LogP contribution in [0.1, 0.15) is 31.1 Å². The van der Waals surface area contributed by atoms with Crippen LogP contribution < -0.4 is 10.9 Å². The van der Waals surface area contributed by atoms with Crippen molar-refractivity contribution >= 4 is 5.91 Å². The lowest BCUT2D eigenvalue weighted by Gasteiger charge is -2.20. The van der Waals surface area contributed by atoms with E-state index >= 15 is 0 Å². The lowest BCUT2D eigenvalue weighted by atomic mass is 10.0. The number of pyridine rings is 1. The summed E-state index contributed by atoms with van der Waals surface area (Å²) in [6.45, 7) is 5.63. The highest BCUT2D eigenvalue weighted by atomic mass is 16.2. The Morgan fingerprint density at radius 2 is 1.38 bits per heavy atom. The van der Waals surface area contributed by atoms with Gasteiger partial charge in [-0.1, -0.05) is 54.6 Å². The molecule has 1 aromatic heterocycles. The summed E-state index contributed by atoms with van der Waals surface area (Å²) >= 11 is 0. The van der Waals surface area contributed by atoms with Gasteiger partial charge in [0.25, 0.3) is 11.5 Å². The maximum Gasteiger partial charge on any atom is 0.261 e. The standard InChI is InChI=1S/C22H22N2O2/c1-22(2,3)24-21(26)18-13-14-19(23-20(18)25)17-11-9-16(10-12-17)15-7-5-4-6-8-15/h4-14H,1-3H3,(H,23,25)(H,24,26). The van der Waals surface area contributed by atoms with Crippen LogP contribution in [0.5, 0.6) is 0 Å². The van der Waals surface area contributed by atoms with Gasteiger partial charge in [0.2, 0.25) is 0 Å². The van der Waals surface area contributed by atoms with Crippen LogP contribution in [0.15, 0.2) is 71.5 Å². The first-order valence-corrected chi connectivity index (χ1v) is 8.55. The molecule has 0 radical (unpaired) electrons. The fourth-order valence-corrected chi connectivity index (χ4v) is 2.70. The number of aromatic amines is 1. The number of carbonyl (C=O) groups is 1. The second-order valence-electron chi connectivity index (χ2n) is 7.26. The lowest BCUT2D eigenvalue weighted by Crippen LogP contribution is -2.42. The molecule has 3 aromatic rings. The summed E-state index contributed by atoms with van der Waals surface area (Å²) in [4.78, 5) is 27.3. The second-order valence-corrected chi connectivity index (χ2v) is 7.26. The van der Waals surface area contributed by atoms with Crippen molar-refractivity contribution in [1.29, 1.82) is 0 Å². The summed E-state index contributed by atoms with van der Waals surface area (Å²) in [5.74, 6) is -0.371. The van der Waals surface area contributed by atoms with Crippen LogP contribution in [0.2, 0.25) is 0 Å². The van der Waals surface area contributed by atoms with Gasteiger partial charge in [0, 0.05) is 11.2 Å². The van der Waals surface area contributed by atoms with E-state index in [0.29, 0.717) is 5.69 Å². The molecule has 4 nitrogen and oxygen atoms in total. The molecule has 26 heavy (non-hydrogen) atoms. The third-order valence-corrected chi connectivity index (χ3v) is 3.95. The molecule has 0 fully saturated rings. The molecule has 4 heteroatoms. The van der Waals surface area contributed by atoms with Crippen molar-refractivity contribution in [3.05, 3.63) is 82.6 Å². The number of benzene rings is 2. The van der Waals surface area contributed by atoms with Gasteiger partial charge in [-0.25, -0.2) is 0 Å². The molecule has 132 valence electrons. The predicted molar refractivity (Wildman–Crippen MR) is 105 cm³/mol. The fraction of sp³-hybridized carbons (Fsp3) is 0.182. The second kappa shape index (κ2) is 7.00. The number of rotatable bonds is 3. The number of hydrogen-bond acceptors (Lipinski definition) is 2. The highest BCUT2D eigenvalue weighted by molar-refractivity contribution is 5.94. The zero-order valence-electron chi connectivity index (χ0n) is 15.2. The van der Waals surface area contributed by atoms with Gasteiger partial charge < -0.3 is 10.3 Å². The Morgan fingerprint density at radius 3 is 1.96 bits per heavy atom. The normalized spacial score (nSPS) is 11.2. The van der Waals surface area contributed by atoms with E-state index in [1.807, 2.05) is 63.2 Å². The molecule has 0 aliphatic carbocycles. The minimum atomic E-state index is -0.393. The molecule has 0 spiro atoms. The van der Waals surface area contributed by atoms with E-state index in [0.717, 1.165) is 16.7 Å². The van der Waals surface area contributed by atoms with Gasteiger partial charge >= 0.3 is 0 Å². The van der Waals surface area contributed by atoms with Crippen molar-refractivity contribution < 1.29 is 4.79 Å². The molecule has 0 aliphatic heterocycles. The van der Waals surface area contributed by atoms with Gasteiger partial charge in [-0.15, -0.1) is 0 Å². The molecule has 1 heterocycles. The highest BCUT2D eigenvalue weighted by Gasteiger charge is 2.18. The minimum absolute atomic E-state index is 0.115. The zero-order valence-corrected chi connectivity index (χ0v) is 15.2. The Labute approximate surface area is 152 Å². The molecular formula is C22H22N2O2. The number of amides is 1. The summed E-state index contributed by atoms with van der Waals surface area (Å²) in [7, 11) is 0. The van der Waals surface area contributed by atoms with E-state index in [1.165, 1.54) is 0 Å². The summed E-state index contributed by atoms with van der Waals surface area (Å²) in [5, 5.41) is 2.80. The van der Waals surface area contributed by atoms with Crippen LogP contribution in [-0.2, 0) is 0 Å². The molecule has 0 atom stereocenters. The quantitative estimate of drug-likeness (QED) is 0.745. The average molecular weight is 346 g/mol. The van der Waals surface area contributed by atoms with Crippen LogP contribution in [-0.4, -0.2) is 16.4 Å². The first-order valence-electron chi connectivity index (χ1n) is 8.55. The smallest absolute Gasteiger partial charge is 0.261 e. The Morgan fingerprint density at radius 1 is 0.808 bits per heavy atom. The molecule has 0 saturated heterocycles. The van der Waals surface area contributed by atoms with Crippen molar-refractivity contribution in [2.24, 2.45) is 0 Å². The monoisotopic (exact) mass is 346 g/mol. The number of carbonyl (C=O) groups excluding carboxylic acids is 1. The third-order valence-electron chi connectivity index (χ3n) is 3.95. The van der Waals surface area contributed by atoms with Crippen molar-refractivity contribution in [3.63, 3.8) is 0 Å². The lowest BCUT2D eigenvalue weighted by molar-refractivity contribution is 0.0918. The largest absolute Gasteiger partial charge is 0.347 e. The topological polar surface area (TPSA) is 62.0 Å². The van der Waals surface area contributed by atoms with Crippen LogP contribution in [0, 0.1) is 0 Å². The fourth-order valence-electron chi connectivity index (χ4n) is 2.70. The maximum atomic E-state index is 12.3. The van der Waals surface area contributed by atoms with Crippen molar-refractivity contribution in [2.75, 3.05) is 0 Å². The Hall–Kier alpha value is -3.14. The first-order chi connectivity index (χ1) is 12.3. The molecule has 2 N–H and O–H groups in total. The Balaban J connectivity index is 1.85. The number of nitrogens with one attached hydrogen (secondary N) is 2. The van der Waals surface area contributed by atoms with Crippen molar-refractivity contribution in [1.82, 2.24) is 10.3 Å². The van der Waals surface area contributed by atoms with E-state index in [-0.39, 0.29) is 11.5 Å². The Kier molecular flexibility index (Phi) is 4.76. The van der Waals surface area contributed by atoms with Crippen molar-refractivity contribution in [2.45, 2.75) is 26.3 Å². The predicted octanol–water partition coefficient (Wildman–Crippen LogP) is 4.24. The van der Waals surface area contributed by atoms with E-state index in [9.17, 15) is 9.59 Å². The molecular weight excluding hydrogens is 324 g/mol. The molecule has 0 unspecified atom stereocenters.